The molecule has 2 heterocycles. The Kier molecular flexibility index (Phi) is 4.10. The molecule has 1 aromatic carbocycles. The molecule has 0 amide bonds. The molecule has 20 heavy (non-hydrogen) atoms. The zero-order chi connectivity index (χ0) is 13.9. The van der Waals surface area contributed by atoms with Gasteiger partial charge in [0.1, 0.15) is 0 Å². The smallest absolute Gasteiger partial charge is 0.0729 e. The lowest BCUT2D eigenvalue weighted by molar-refractivity contribution is 0.115. The molecule has 2 N–H and O–H groups in total. The van der Waals surface area contributed by atoms with Crippen molar-refractivity contribution < 1.29 is 5.11 Å². The number of halogens is 1. The zero-order valence-corrected chi connectivity index (χ0v) is 12.1. The average Bonchev–Trinajstić information content (AvgIpc) is 2.83. The summed E-state index contributed by atoms with van der Waals surface area (Å²) >= 11 is 6.05. The highest BCUT2D eigenvalue weighted by molar-refractivity contribution is 6.31. The van der Waals surface area contributed by atoms with Crippen molar-refractivity contribution in [1.29, 1.82) is 0 Å². The Bertz CT molecular complexity index is 620. The van der Waals surface area contributed by atoms with Crippen LogP contribution in [0.15, 0.2) is 42.6 Å². The summed E-state index contributed by atoms with van der Waals surface area (Å²) in [4.78, 5) is 0. The Hall–Kier alpha value is -1.29. The first-order valence-electron chi connectivity index (χ1n) is 7.06. The summed E-state index contributed by atoms with van der Waals surface area (Å²) in [5, 5.41) is 15.2. The molecule has 3 rings (SSSR count). The van der Waals surface area contributed by atoms with Crippen molar-refractivity contribution in [2.75, 3.05) is 6.54 Å². The van der Waals surface area contributed by atoms with E-state index in [1.807, 2.05) is 18.2 Å². The number of benzene rings is 1. The molecule has 1 saturated heterocycles. The second-order valence-corrected chi connectivity index (χ2v) is 5.73. The van der Waals surface area contributed by atoms with Crippen molar-refractivity contribution in [1.82, 2.24) is 9.88 Å². The molecule has 4 heteroatoms. The number of allylic oxidation sites excluding steroid dienone is 1. The predicted molar refractivity (Wildman–Crippen MR) is 83.1 cm³/mol. The van der Waals surface area contributed by atoms with Gasteiger partial charge in [-0.25, -0.2) is 0 Å². The standard InChI is InChI=1S/C16H19ClN2O/c17-13-6-5-12-7-10-19(15(12)11-13)9-2-3-14-16(20)4-1-8-18-14/h2-3,5-7,10-11,14,16,18,20H,1,4,8-9H2/b3-2+/t14-,16+/m1/s1. The first-order valence-corrected chi connectivity index (χ1v) is 7.44. The first kappa shape index (κ1) is 13.7. The van der Waals surface area contributed by atoms with E-state index in [9.17, 15) is 5.11 Å². The molecule has 0 spiro atoms. The van der Waals surface area contributed by atoms with Crippen molar-refractivity contribution in [2.24, 2.45) is 0 Å². The van der Waals surface area contributed by atoms with E-state index >= 15 is 0 Å². The Balaban J connectivity index is 1.71. The summed E-state index contributed by atoms with van der Waals surface area (Å²) in [7, 11) is 0. The van der Waals surface area contributed by atoms with Crippen LogP contribution >= 0.6 is 11.6 Å². The summed E-state index contributed by atoms with van der Waals surface area (Å²) in [6, 6.07) is 8.09. The molecule has 1 aliphatic rings. The molecule has 1 aromatic heterocycles. The summed E-state index contributed by atoms with van der Waals surface area (Å²) < 4.78 is 2.16. The second kappa shape index (κ2) is 6.00. The van der Waals surface area contributed by atoms with Crippen LogP contribution in [0.3, 0.4) is 0 Å². The van der Waals surface area contributed by atoms with Crippen LogP contribution in [0.5, 0.6) is 0 Å². The number of nitrogens with one attached hydrogen (secondary N) is 1. The highest BCUT2D eigenvalue weighted by Gasteiger charge is 2.19. The Morgan fingerprint density at radius 1 is 1.40 bits per heavy atom. The minimum Gasteiger partial charge on any atom is -0.391 e. The maximum absolute atomic E-state index is 9.90. The molecule has 0 unspecified atom stereocenters. The minimum absolute atomic E-state index is 0.0779. The van der Waals surface area contributed by atoms with E-state index in [1.165, 1.54) is 5.39 Å². The van der Waals surface area contributed by atoms with Crippen LogP contribution in [0.2, 0.25) is 5.02 Å². The lowest BCUT2D eigenvalue weighted by Gasteiger charge is -2.26. The number of rotatable bonds is 3. The molecule has 0 aliphatic carbocycles. The van der Waals surface area contributed by atoms with Crippen LogP contribution < -0.4 is 5.32 Å². The van der Waals surface area contributed by atoms with Gasteiger partial charge in [0.2, 0.25) is 0 Å². The lowest BCUT2D eigenvalue weighted by Crippen LogP contribution is -2.43. The zero-order valence-electron chi connectivity index (χ0n) is 11.3. The van der Waals surface area contributed by atoms with Crippen LogP contribution in [0, 0.1) is 0 Å². The van der Waals surface area contributed by atoms with Crippen molar-refractivity contribution >= 4 is 22.5 Å². The Morgan fingerprint density at radius 3 is 3.15 bits per heavy atom. The van der Waals surface area contributed by atoms with Gasteiger partial charge in [0.25, 0.3) is 0 Å². The second-order valence-electron chi connectivity index (χ2n) is 5.29. The number of fused-ring (bicyclic) bond motifs is 1. The molecule has 2 atom stereocenters. The van der Waals surface area contributed by atoms with E-state index in [0.29, 0.717) is 0 Å². The van der Waals surface area contributed by atoms with Crippen LogP contribution in [0.25, 0.3) is 10.9 Å². The number of aliphatic hydroxyl groups is 1. The topological polar surface area (TPSA) is 37.2 Å². The van der Waals surface area contributed by atoms with Crippen molar-refractivity contribution in [2.45, 2.75) is 31.5 Å². The summed E-state index contributed by atoms with van der Waals surface area (Å²) in [5.74, 6) is 0. The van der Waals surface area contributed by atoms with Crippen LogP contribution in [-0.2, 0) is 6.54 Å². The number of hydrogen-bond acceptors (Lipinski definition) is 2. The number of aromatic nitrogens is 1. The number of aliphatic hydroxyl groups excluding tert-OH is 1. The molecule has 0 radical (unpaired) electrons. The quantitative estimate of drug-likeness (QED) is 0.853. The Labute approximate surface area is 123 Å². The molecule has 1 aliphatic heterocycles. The summed E-state index contributed by atoms with van der Waals surface area (Å²) in [6.45, 7) is 1.77. The van der Waals surface area contributed by atoms with Crippen molar-refractivity contribution in [3.05, 3.63) is 47.6 Å². The van der Waals surface area contributed by atoms with Gasteiger partial charge in [0.05, 0.1) is 12.1 Å². The van der Waals surface area contributed by atoms with Gasteiger partial charge in [-0.2, -0.15) is 0 Å². The normalized spacial score (nSPS) is 23.7. The first-order chi connectivity index (χ1) is 9.74. The monoisotopic (exact) mass is 290 g/mol. The van der Waals surface area contributed by atoms with Gasteiger partial charge in [-0.15, -0.1) is 0 Å². The number of piperidine rings is 1. The maximum atomic E-state index is 9.90. The van der Waals surface area contributed by atoms with Gasteiger partial charge < -0.3 is 15.0 Å². The van der Waals surface area contributed by atoms with Gasteiger partial charge in [-0.05, 0) is 43.0 Å². The third-order valence-electron chi connectivity index (χ3n) is 3.85. The van der Waals surface area contributed by atoms with Gasteiger partial charge >= 0.3 is 0 Å². The Morgan fingerprint density at radius 2 is 2.30 bits per heavy atom. The van der Waals surface area contributed by atoms with Crippen LogP contribution in [-0.4, -0.2) is 28.4 Å². The van der Waals surface area contributed by atoms with Crippen molar-refractivity contribution in [3.8, 4) is 0 Å². The lowest BCUT2D eigenvalue weighted by atomic mass is 10.0. The van der Waals surface area contributed by atoms with E-state index in [2.05, 4.69) is 34.3 Å². The molecule has 3 nitrogen and oxygen atoms in total. The molecular formula is C16H19ClN2O. The third-order valence-corrected chi connectivity index (χ3v) is 4.09. The number of nitrogens with zero attached hydrogens (tertiary/aromatic N) is 1. The fourth-order valence-corrected chi connectivity index (χ4v) is 2.90. The minimum atomic E-state index is -0.268. The van der Waals surface area contributed by atoms with Gasteiger partial charge in [-0.3, -0.25) is 0 Å². The molecule has 106 valence electrons. The summed E-state index contributed by atoms with van der Waals surface area (Å²) in [5.41, 5.74) is 1.14. The SMILES string of the molecule is O[C@H]1CCCN[C@@H]1/C=C/Cn1ccc2ccc(Cl)cc21. The van der Waals surface area contributed by atoms with Crippen LogP contribution in [0.4, 0.5) is 0 Å². The fraction of sp³-hybridized carbons (Fsp3) is 0.375. The predicted octanol–water partition coefficient (Wildman–Crippen LogP) is 2.96. The van der Waals surface area contributed by atoms with E-state index in [0.717, 1.165) is 36.5 Å². The molecule has 2 aromatic rings. The van der Waals surface area contributed by atoms with E-state index in [1.54, 1.807) is 0 Å². The summed E-state index contributed by atoms with van der Waals surface area (Å²) in [6.07, 6.45) is 7.90. The number of hydrogen-bond donors (Lipinski definition) is 2. The molecule has 0 saturated carbocycles. The highest BCUT2D eigenvalue weighted by Crippen LogP contribution is 2.20. The largest absolute Gasteiger partial charge is 0.391 e. The molecule has 1 fully saturated rings. The van der Waals surface area contributed by atoms with Gasteiger partial charge in [-0.1, -0.05) is 29.8 Å². The van der Waals surface area contributed by atoms with E-state index in [-0.39, 0.29) is 12.1 Å². The van der Waals surface area contributed by atoms with E-state index in [4.69, 9.17) is 11.6 Å². The van der Waals surface area contributed by atoms with Gasteiger partial charge in [0.15, 0.2) is 0 Å². The fourth-order valence-electron chi connectivity index (χ4n) is 2.73. The van der Waals surface area contributed by atoms with Crippen molar-refractivity contribution in [3.63, 3.8) is 0 Å². The highest BCUT2D eigenvalue weighted by atomic mass is 35.5. The average molecular weight is 291 g/mol. The third kappa shape index (κ3) is 2.90. The maximum Gasteiger partial charge on any atom is 0.0729 e. The van der Waals surface area contributed by atoms with E-state index < -0.39 is 0 Å². The molecular weight excluding hydrogens is 272 g/mol. The van der Waals surface area contributed by atoms with Crippen LogP contribution in [0.1, 0.15) is 12.8 Å². The van der Waals surface area contributed by atoms with Gasteiger partial charge in [0, 0.05) is 23.3 Å². The molecule has 0 bridgehead atoms.